The van der Waals surface area contributed by atoms with Crippen LogP contribution in [0.5, 0.6) is 0 Å². The van der Waals surface area contributed by atoms with Gasteiger partial charge in [0.15, 0.2) is 0 Å². The third-order valence-corrected chi connectivity index (χ3v) is 3.45. The lowest BCUT2D eigenvalue weighted by Crippen LogP contribution is -2.48. The van der Waals surface area contributed by atoms with Gasteiger partial charge in [-0.2, -0.15) is 5.26 Å². The van der Waals surface area contributed by atoms with Crippen molar-refractivity contribution in [2.45, 2.75) is 19.4 Å². The Bertz CT molecular complexity index is 746. The number of nitriles is 1. The van der Waals surface area contributed by atoms with Crippen LogP contribution in [0.1, 0.15) is 23.7 Å². The van der Waals surface area contributed by atoms with E-state index in [0.717, 1.165) is 5.39 Å². The van der Waals surface area contributed by atoms with Crippen LogP contribution in [0.25, 0.3) is 10.9 Å². The number of pyridine rings is 1. The molecule has 0 unspecified atom stereocenters. The number of carbonyl (C=O) groups excluding carboxylic acids is 2. The van der Waals surface area contributed by atoms with E-state index in [2.05, 4.69) is 10.3 Å². The fraction of sp³-hybridized carbons (Fsp3) is 0.250. The van der Waals surface area contributed by atoms with Crippen LogP contribution in [0.3, 0.4) is 0 Å². The minimum Gasteiger partial charge on any atom is -0.368 e. The molecule has 0 saturated heterocycles. The number of nitrogens with zero attached hydrogens (tertiary/aromatic N) is 2. The Kier molecular flexibility index (Phi) is 4.69. The molecule has 22 heavy (non-hydrogen) atoms. The minimum atomic E-state index is -0.897. The third kappa shape index (κ3) is 3.20. The Hall–Kier alpha value is -2.94. The molecule has 2 rings (SSSR count). The molecule has 1 aromatic carbocycles. The summed E-state index contributed by atoms with van der Waals surface area (Å²) in [4.78, 5) is 28.2. The third-order valence-electron chi connectivity index (χ3n) is 3.45. The average Bonchev–Trinajstić information content (AvgIpc) is 2.51. The lowest BCUT2D eigenvalue weighted by molar-refractivity contribution is -0.120. The fourth-order valence-electron chi connectivity index (χ4n) is 2.26. The maximum absolute atomic E-state index is 12.4. The summed E-state index contributed by atoms with van der Waals surface area (Å²) in [7, 11) is 0. The van der Waals surface area contributed by atoms with Crippen LogP contribution in [-0.2, 0) is 4.79 Å². The number of nitrogens with two attached hydrogens (primary N) is 1. The molecule has 2 aromatic rings. The van der Waals surface area contributed by atoms with Gasteiger partial charge in [-0.25, -0.2) is 0 Å². The second-order valence-corrected chi connectivity index (χ2v) is 5.07. The van der Waals surface area contributed by atoms with Crippen molar-refractivity contribution in [2.75, 3.05) is 0 Å². The maximum Gasteiger partial charge on any atom is 0.254 e. The number of hydrogen-bond acceptors (Lipinski definition) is 4. The van der Waals surface area contributed by atoms with Gasteiger partial charge in [0.25, 0.3) is 5.91 Å². The highest BCUT2D eigenvalue weighted by Crippen LogP contribution is 2.16. The van der Waals surface area contributed by atoms with E-state index in [0.29, 0.717) is 11.1 Å². The van der Waals surface area contributed by atoms with Gasteiger partial charge in [-0.1, -0.05) is 25.1 Å². The Morgan fingerprint density at radius 3 is 2.77 bits per heavy atom. The molecule has 6 heteroatoms. The van der Waals surface area contributed by atoms with Crippen molar-refractivity contribution in [1.82, 2.24) is 10.3 Å². The summed E-state index contributed by atoms with van der Waals surface area (Å²) in [6.45, 7) is 1.69. The second kappa shape index (κ2) is 6.68. The van der Waals surface area contributed by atoms with Gasteiger partial charge in [0.1, 0.15) is 6.04 Å². The monoisotopic (exact) mass is 296 g/mol. The lowest BCUT2D eigenvalue weighted by atomic mass is 9.97. The van der Waals surface area contributed by atoms with Crippen molar-refractivity contribution in [3.8, 4) is 6.07 Å². The zero-order valence-electron chi connectivity index (χ0n) is 12.1. The standard InChI is InChI=1S/C16H16N4O2/c1-10(7-8-17)13(15(18)21)20-16(22)12-6-2-4-11-5-3-9-19-14(11)12/h2-6,9-10,13H,7H2,1H3,(H2,18,21)(H,20,22)/t10-,13-/m1/s1. The number of fused-ring (bicyclic) bond motifs is 1. The fourth-order valence-corrected chi connectivity index (χ4v) is 2.26. The molecule has 0 spiro atoms. The molecule has 0 fully saturated rings. The number of amides is 2. The Morgan fingerprint density at radius 2 is 2.09 bits per heavy atom. The first-order valence-corrected chi connectivity index (χ1v) is 6.85. The van der Waals surface area contributed by atoms with Crippen LogP contribution in [0.4, 0.5) is 0 Å². The molecule has 0 radical (unpaired) electrons. The van der Waals surface area contributed by atoms with Crippen LogP contribution in [0, 0.1) is 17.2 Å². The molecule has 0 aliphatic heterocycles. The van der Waals surface area contributed by atoms with Gasteiger partial charge in [0.2, 0.25) is 5.91 Å². The van der Waals surface area contributed by atoms with E-state index in [1.165, 1.54) is 0 Å². The summed E-state index contributed by atoms with van der Waals surface area (Å²) in [5.41, 5.74) is 6.25. The molecule has 2 atom stereocenters. The normalized spacial score (nSPS) is 13.1. The highest BCUT2D eigenvalue weighted by Gasteiger charge is 2.25. The lowest BCUT2D eigenvalue weighted by Gasteiger charge is -2.20. The SMILES string of the molecule is C[C@H](CC#N)[C@@H](NC(=O)c1cccc2cccnc12)C(N)=O. The van der Waals surface area contributed by atoms with E-state index in [-0.39, 0.29) is 12.3 Å². The molecule has 112 valence electrons. The summed E-state index contributed by atoms with van der Waals surface area (Å²) >= 11 is 0. The Labute approximate surface area is 127 Å². The minimum absolute atomic E-state index is 0.127. The quantitative estimate of drug-likeness (QED) is 0.868. The first-order valence-electron chi connectivity index (χ1n) is 6.85. The number of carbonyl (C=O) groups is 2. The van der Waals surface area contributed by atoms with Gasteiger partial charge in [-0.15, -0.1) is 0 Å². The largest absolute Gasteiger partial charge is 0.368 e. The predicted octanol–water partition coefficient (Wildman–Crippen LogP) is 1.37. The van der Waals surface area contributed by atoms with E-state index in [9.17, 15) is 9.59 Å². The Balaban J connectivity index is 2.30. The number of benzene rings is 1. The van der Waals surface area contributed by atoms with E-state index < -0.39 is 17.9 Å². The number of primary amides is 1. The topological polar surface area (TPSA) is 109 Å². The molecule has 6 nitrogen and oxygen atoms in total. The van der Waals surface area contributed by atoms with Gasteiger partial charge in [0.05, 0.1) is 17.1 Å². The zero-order valence-corrected chi connectivity index (χ0v) is 12.1. The Morgan fingerprint density at radius 1 is 1.36 bits per heavy atom. The maximum atomic E-state index is 12.4. The van der Waals surface area contributed by atoms with Crippen LogP contribution in [0.2, 0.25) is 0 Å². The van der Waals surface area contributed by atoms with Crippen molar-refractivity contribution in [3.05, 3.63) is 42.1 Å². The first-order chi connectivity index (χ1) is 10.5. The van der Waals surface area contributed by atoms with Crippen molar-refractivity contribution >= 4 is 22.7 Å². The molecule has 0 aliphatic rings. The molecule has 1 heterocycles. The van der Waals surface area contributed by atoms with Gasteiger partial charge in [0, 0.05) is 18.0 Å². The number of nitrogens with one attached hydrogen (secondary N) is 1. The van der Waals surface area contributed by atoms with Crippen molar-refractivity contribution in [3.63, 3.8) is 0 Å². The molecule has 0 saturated carbocycles. The van der Waals surface area contributed by atoms with Gasteiger partial charge in [-0.05, 0) is 18.1 Å². The van der Waals surface area contributed by atoms with Gasteiger partial charge in [-0.3, -0.25) is 14.6 Å². The van der Waals surface area contributed by atoms with Gasteiger partial charge >= 0.3 is 0 Å². The van der Waals surface area contributed by atoms with Crippen LogP contribution in [0.15, 0.2) is 36.5 Å². The number of aromatic nitrogens is 1. The summed E-state index contributed by atoms with van der Waals surface area (Å²) in [6.07, 6.45) is 1.73. The van der Waals surface area contributed by atoms with Crippen molar-refractivity contribution in [2.24, 2.45) is 11.7 Å². The summed E-state index contributed by atoms with van der Waals surface area (Å²) in [5.74, 6) is -1.46. The van der Waals surface area contributed by atoms with Crippen molar-refractivity contribution < 1.29 is 9.59 Å². The predicted molar refractivity (Wildman–Crippen MR) is 81.6 cm³/mol. The van der Waals surface area contributed by atoms with Crippen LogP contribution < -0.4 is 11.1 Å². The molecular weight excluding hydrogens is 280 g/mol. The van der Waals surface area contributed by atoms with E-state index in [1.54, 1.807) is 31.3 Å². The number of hydrogen-bond donors (Lipinski definition) is 2. The molecule has 0 aliphatic carbocycles. The van der Waals surface area contributed by atoms with Gasteiger partial charge < -0.3 is 11.1 Å². The van der Waals surface area contributed by atoms with Crippen LogP contribution >= 0.6 is 0 Å². The smallest absolute Gasteiger partial charge is 0.254 e. The van der Waals surface area contributed by atoms with Crippen molar-refractivity contribution in [1.29, 1.82) is 5.26 Å². The zero-order chi connectivity index (χ0) is 16.1. The summed E-state index contributed by atoms with van der Waals surface area (Å²) < 4.78 is 0. The van der Waals surface area contributed by atoms with E-state index >= 15 is 0 Å². The number of rotatable bonds is 5. The molecule has 0 bridgehead atoms. The summed E-state index contributed by atoms with van der Waals surface area (Å²) in [6, 6.07) is 9.94. The highest BCUT2D eigenvalue weighted by molar-refractivity contribution is 6.06. The highest BCUT2D eigenvalue weighted by atomic mass is 16.2. The molecular formula is C16H16N4O2. The first kappa shape index (κ1) is 15.4. The second-order valence-electron chi connectivity index (χ2n) is 5.07. The molecule has 2 amide bonds. The number of para-hydroxylation sites is 1. The van der Waals surface area contributed by atoms with Crippen LogP contribution in [-0.4, -0.2) is 22.8 Å². The van der Waals surface area contributed by atoms with E-state index in [4.69, 9.17) is 11.0 Å². The molecule has 1 aromatic heterocycles. The van der Waals surface area contributed by atoms with E-state index in [1.807, 2.05) is 18.2 Å². The average molecular weight is 296 g/mol. The molecule has 3 N–H and O–H groups in total. The summed E-state index contributed by atoms with van der Waals surface area (Å²) in [5, 5.41) is 12.2.